The number of hydrazine groups is 1. The molecule has 0 saturated carbocycles. The van der Waals surface area contributed by atoms with E-state index in [-0.39, 0.29) is 17.7 Å². The lowest BCUT2D eigenvalue weighted by Gasteiger charge is -2.24. The molecule has 0 unspecified atom stereocenters. The van der Waals surface area contributed by atoms with Crippen LogP contribution in [-0.2, 0) is 16.0 Å². The van der Waals surface area contributed by atoms with Gasteiger partial charge in [0.05, 0.1) is 5.92 Å². The first kappa shape index (κ1) is 12.7. The minimum Gasteiger partial charge on any atom is -0.492 e. The minimum absolute atomic E-state index is 0.268. The molecule has 18 heavy (non-hydrogen) atoms. The van der Waals surface area contributed by atoms with Crippen molar-refractivity contribution in [1.82, 2.24) is 10.9 Å². The van der Waals surface area contributed by atoms with Gasteiger partial charge < -0.3 is 4.74 Å². The summed E-state index contributed by atoms with van der Waals surface area (Å²) in [5.41, 5.74) is 5.50. The summed E-state index contributed by atoms with van der Waals surface area (Å²) in [5, 5.41) is 0.611. The molecule has 0 fully saturated rings. The zero-order valence-electron chi connectivity index (χ0n) is 9.83. The Balaban J connectivity index is 2.02. The molecule has 96 valence electrons. The van der Waals surface area contributed by atoms with Gasteiger partial charge in [0.1, 0.15) is 12.4 Å². The van der Waals surface area contributed by atoms with Crippen LogP contribution in [0.4, 0.5) is 0 Å². The first-order valence-corrected chi connectivity index (χ1v) is 5.91. The van der Waals surface area contributed by atoms with Crippen molar-refractivity contribution >= 4 is 23.4 Å². The third-order valence-corrected chi connectivity index (χ3v) is 2.90. The van der Waals surface area contributed by atoms with Crippen LogP contribution in [0.3, 0.4) is 0 Å². The molecule has 2 rings (SSSR count). The largest absolute Gasteiger partial charge is 0.492 e. The number of amides is 2. The fourth-order valence-corrected chi connectivity index (χ4v) is 1.98. The Morgan fingerprint density at radius 3 is 2.89 bits per heavy atom. The van der Waals surface area contributed by atoms with Crippen LogP contribution in [0.1, 0.15) is 12.5 Å². The van der Waals surface area contributed by atoms with Gasteiger partial charge in [-0.05, 0) is 30.2 Å². The summed E-state index contributed by atoms with van der Waals surface area (Å²) in [6.45, 7) is 1.62. The Labute approximate surface area is 109 Å². The predicted molar refractivity (Wildman–Crippen MR) is 66.1 cm³/mol. The van der Waals surface area contributed by atoms with Crippen LogP contribution < -0.4 is 15.6 Å². The lowest BCUT2D eigenvalue weighted by Crippen LogP contribution is -2.46. The lowest BCUT2D eigenvalue weighted by atomic mass is 9.96. The van der Waals surface area contributed by atoms with Crippen LogP contribution in [0.25, 0.3) is 0 Å². The number of nitrogens with one attached hydrogen (secondary N) is 2. The smallest absolute Gasteiger partial charge is 0.245 e. The summed E-state index contributed by atoms with van der Waals surface area (Å²) in [7, 11) is 0. The van der Waals surface area contributed by atoms with E-state index in [0.29, 0.717) is 18.1 Å². The molecule has 0 radical (unpaired) electrons. The van der Waals surface area contributed by atoms with Crippen molar-refractivity contribution in [2.45, 2.75) is 13.3 Å². The fraction of sp³-hybridized carbons (Fsp3) is 0.333. The van der Waals surface area contributed by atoms with Gasteiger partial charge in [-0.15, -0.1) is 0 Å². The molecule has 1 heterocycles. The predicted octanol–water partition coefficient (Wildman–Crippen LogP) is 1.06. The fourth-order valence-electron chi connectivity index (χ4n) is 1.78. The van der Waals surface area contributed by atoms with Crippen LogP contribution in [0.5, 0.6) is 5.75 Å². The number of hydrogen-bond acceptors (Lipinski definition) is 3. The first-order valence-electron chi connectivity index (χ1n) is 5.54. The molecular weight excluding hydrogens is 256 g/mol. The molecule has 0 aliphatic carbocycles. The molecular formula is C12H13ClN2O3. The second-order valence-corrected chi connectivity index (χ2v) is 4.57. The van der Waals surface area contributed by atoms with E-state index in [1.807, 2.05) is 0 Å². The molecule has 1 aromatic rings. The molecule has 0 spiro atoms. The molecule has 1 aromatic carbocycles. The summed E-state index contributed by atoms with van der Waals surface area (Å²) in [4.78, 5) is 22.5. The Kier molecular flexibility index (Phi) is 3.72. The Morgan fingerprint density at radius 2 is 2.17 bits per heavy atom. The number of hydrogen-bond donors (Lipinski definition) is 2. The zero-order valence-corrected chi connectivity index (χ0v) is 10.6. The molecule has 6 heteroatoms. The van der Waals surface area contributed by atoms with Crippen molar-refractivity contribution < 1.29 is 14.3 Å². The summed E-state index contributed by atoms with van der Waals surface area (Å²) in [5.74, 6) is -0.162. The maximum Gasteiger partial charge on any atom is 0.245 e. The second-order valence-electron chi connectivity index (χ2n) is 4.13. The van der Waals surface area contributed by atoms with Gasteiger partial charge in [0.25, 0.3) is 0 Å². The Bertz CT molecular complexity index is 490. The Hall–Kier alpha value is -1.75. The van der Waals surface area contributed by atoms with E-state index in [1.54, 1.807) is 18.2 Å². The summed E-state index contributed by atoms with van der Waals surface area (Å²) < 4.78 is 5.49. The molecule has 2 N–H and O–H groups in total. The van der Waals surface area contributed by atoms with Crippen molar-refractivity contribution in [3.63, 3.8) is 0 Å². The molecule has 5 nitrogen and oxygen atoms in total. The van der Waals surface area contributed by atoms with Gasteiger partial charge >= 0.3 is 0 Å². The number of halogens is 1. The SMILES string of the molecule is CC(=O)NNC(=O)[C@H]1COc2ccc(Cl)cc2C1. The Morgan fingerprint density at radius 1 is 1.39 bits per heavy atom. The molecule has 1 aliphatic rings. The van der Waals surface area contributed by atoms with Crippen molar-refractivity contribution in [2.24, 2.45) is 5.92 Å². The van der Waals surface area contributed by atoms with Crippen molar-refractivity contribution in [2.75, 3.05) is 6.61 Å². The molecule has 2 amide bonds. The third kappa shape index (κ3) is 2.92. The summed E-state index contributed by atoms with van der Waals surface area (Å²) in [6, 6.07) is 5.33. The molecule has 1 aliphatic heterocycles. The monoisotopic (exact) mass is 268 g/mol. The molecule has 0 aromatic heterocycles. The van der Waals surface area contributed by atoms with E-state index in [0.717, 1.165) is 11.3 Å². The maximum atomic E-state index is 11.8. The van der Waals surface area contributed by atoms with E-state index < -0.39 is 0 Å². The molecule has 0 saturated heterocycles. The zero-order chi connectivity index (χ0) is 13.1. The van der Waals surface area contributed by atoms with Crippen molar-refractivity contribution in [3.8, 4) is 5.75 Å². The van der Waals surface area contributed by atoms with Gasteiger partial charge in [-0.2, -0.15) is 0 Å². The van der Waals surface area contributed by atoms with Gasteiger partial charge in [-0.25, -0.2) is 0 Å². The quantitative estimate of drug-likeness (QED) is 0.749. The number of carbonyl (C=O) groups excluding carboxylic acids is 2. The third-order valence-electron chi connectivity index (χ3n) is 2.66. The van der Waals surface area contributed by atoms with Gasteiger partial charge in [-0.3, -0.25) is 20.4 Å². The number of carbonyl (C=O) groups is 2. The van der Waals surface area contributed by atoms with E-state index in [1.165, 1.54) is 6.92 Å². The highest BCUT2D eigenvalue weighted by molar-refractivity contribution is 6.30. The van der Waals surface area contributed by atoms with Crippen LogP contribution in [-0.4, -0.2) is 18.4 Å². The molecule has 1 atom stereocenters. The average molecular weight is 269 g/mol. The number of ether oxygens (including phenoxy) is 1. The van der Waals surface area contributed by atoms with Crippen molar-refractivity contribution in [1.29, 1.82) is 0 Å². The van der Waals surface area contributed by atoms with Gasteiger partial charge in [-0.1, -0.05) is 11.6 Å². The first-order chi connectivity index (χ1) is 8.56. The van der Waals surface area contributed by atoms with Crippen LogP contribution >= 0.6 is 11.6 Å². The average Bonchev–Trinajstić information content (AvgIpc) is 2.34. The van der Waals surface area contributed by atoms with E-state index in [9.17, 15) is 9.59 Å². The van der Waals surface area contributed by atoms with Gasteiger partial charge in [0.2, 0.25) is 11.8 Å². The standard InChI is InChI=1S/C12H13ClN2O3/c1-7(16)14-15-12(17)9-4-8-5-10(13)2-3-11(8)18-6-9/h2-3,5,9H,4,6H2,1H3,(H,14,16)(H,15,17)/t9-/m1/s1. The summed E-state index contributed by atoms with van der Waals surface area (Å²) in [6.07, 6.45) is 0.543. The highest BCUT2D eigenvalue weighted by atomic mass is 35.5. The van der Waals surface area contributed by atoms with Crippen molar-refractivity contribution in [3.05, 3.63) is 28.8 Å². The van der Waals surface area contributed by atoms with Crippen LogP contribution in [0.15, 0.2) is 18.2 Å². The number of benzene rings is 1. The van der Waals surface area contributed by atoms with E-state index in [4.69, 9.17) is 16.3 Å². The normalized spacial score (nSPS) is 17.3. The lowest BCUT2D eigenvalue weighted by molar-refractivity contribution is -0.131. The van der Waals surface area contributed by atoms with E-state index >= 15 is 0 Å². The highest BCUT2D eigenvalue weighted by Crippen LogP contribution is 2.29. The topological polar surface area (TPSA) is 67.4 Å². The molecule has 0 bridgehead atoms. The summed E-state index contributed by atoms with van der Waals surface area (Å²) >= 11 is 5.89. The minimum atomic E-state index is -0.331. The number of fused-ring (bicyclic) bond motifs is 1. The van der Waals surface area contributed by atoms with Gasteiger partial charge in [0, 0.05) is 11.9 Å². The van der Waals surface area contributed by atoms with Crippen LogP contribution in [0.2, 0.25) is 5.02 Å². The van der Waals surface area contributed by atoms with Crippen LogP contribution in [0, 0.1) is 5.92 Å². The maximum absolute atomic E-state index is 11.8. The highest BCUT2D eigenvalue weighted by Gasteiger charge is 2.26. The number of rotatable bonds is 1. The second kappa shape index (κ2) is 5.27. The van der Waals surface area contributed by atoms with Gasteiger partial charge in [0.15, 0.2) is 0 Å². The van der Waals surface area contributed by atoms with E-state index in [2.05, 4.69) is 10.9 Å².